The first-order chi connectivity index (χ1) is 14.6. The molecule has 0 spiro atoms. The van der Waals surface area contributed by atoms with Gasteiger partial charge in [0.2, 0.25) is 0 Å². The molecular weight excluding hydrogens is 382 g/mol. The zero-order valence-electron chi connectivity index (χ0n) is 16.4. The number of nitrogens with one attached hydrogen (secondary N) is 4. The zero-order valence-corrected chi connectivity index (χ0v) is 16.4. The SMILES string of the molecule is Cc1ccccc1CNc1cc(NC2CC2)n2ncc(/C=C3\NC(=O)NC3=O)c2n1. The van der Waals surface area contributed by atoms with Gasteiger partial charge < -0.3 is 16.0 Å². The molecule has 2 fully saturated rings. The first-order valence-electron chi connectivity index (χ1n) is 9.84. The molecule has 3 heterocycles. The Labute approximate surface area is 172 Å². The summed E-state index contributed by atoms with van der Waals surface area (Å²) in [5, 5.41) is 16.0. The van der Waals surface area contributed by atoms with Crippen LogP contribution >= 0.6 is 0 Å². The molecule has 9 nitrogen and oxygen atoms in total. The number of imide groups is 1. The summed E-state index contributed by atoms with van der Waals surface area (Å²) in [7, 11) is 0. The van der Waals surface area contributed by atoms with E-state index in [9.17, 15) is 9.59 Å². The second kappa shape index (κ2) is 7.18. The molecule has 2 aliphatic rings. The predicted octanol–water partition coefficient (Wildman–Crippen LogP) is 2.40. The summed E-state index contributed by atoms with van der Waals surface area (Å²) in [6, 6.07) is 10.0. The quantitative estimate of drug-likeness (QED) is 0.371. The van der Waals surface area contributed by atoms with Gasteiger partial charge in [-0.05, 0) is 37.0 Å². The van der Waals surface area contributed by atoms with E-state index in [0.717, 1.165) is 18.7 Å². The van der Waals surface area contributed by atoms with Crippen LogP contribution in [0.2, 0.25) is 0 Å². The highest BCUT2D eigenvalue weighted by Crippen LogP contribution is 2.27. The van der Waals surface area contributed by atoms with Gasteiger partial charge in [0.25, 0.3) is 5.91 Å². The van der Waals surface area contributed by atoms with Gasteiger partial charge in [0.1, 0.15) is 17.3 Å². The van der Waals surface area contributed by atoms with Crippen LogP contribution in [0.1, 0.15) is 29.5 Å². The Morgan fingerprint density at radius 3 is 2.80 bits per heavy atom. The molecule has 1 saturated heterocycles. The number of benzene rings is 1. The van der Waals surface area contributed by atoms with Gasteiger partial charge in [-0.15, -0.1) is 0 Å². The molecule has 5 rings (SSSR count). The maximum Gasteiger partial charge on any atom is 0.326 e. The number of hydrogen-bond acceptors (Lipinski definition) is 6. The molecule has 2 aromatic heterocycles. The number of aromatic nitrogens is 3. The lowest BCUT2D eigenvalue weighted by Crippen LogP contribution is -2.22. The molecule has 9 heteroatoms. The number of amides is 3. The molecule has 0 radical (unpaired) electrons. The van der Waals surface area contributed by atoms with Crippen molar-refractivity contribution in [1.29, 1.82) is 0 Å². The Morgan fingerprint density at radius 2 is 2.07 bits per heavy atom. The van der Waals surface area contributed by atoms with Gasteiger partial charge in [0, 0.05) is 24.2 Å². The topological polar surface area (TPSA) is 112 Å². The van der Waals surface area contributed by atoms with E-state index in [2.05, 4.69) is 45.4 Å². The summed E-state index contributed by atoms with van der Waals surface area (Å²) in [5.41, 5.74) is 3.80. The van der Waals surface area contributed by atoms with Crippen LogP contribution in [0, 0.1) is 6.92 Å². The summed E-state index contributed by atoms with van der Waals surface area (Å²) >= 11 is 0. The number of carbonyl (C=O) groups excluding carboxylic acids is 2. The van der Waals surface area contributed by atoms with Crippen LogP contribution in [0.3, 0.4) is 0 Å². The van der Waals surface area contributed by atoms with Crippen molar-refractivity contribution in [2.24, 2.45) is 0 Å². The molecular formula is C21H21N7O2. The van der Waals surface area contributed by atoms with Crippen molar-refractivity contribution in [2.75, 3.05) is 10.6 Å². The predicted molar refractivity (Wildman–Crippen MR) is 113 cm³/mol. The molecule has 3 amide bonds. The highest BCUT2D eigenvalue weighted by molar-refractivity contribution is 6.14. The fourth-order valence-electron chi connectivity index (χ4n) is 3.34. The summed E-state index contributed by atoms with van der Waals surface area (Å²) in [6.45, 7) is 2.72. The summed E-state index contributed by atoms with van der Waals surface area (Å²) in [4.78, 5) is 28.0. The Balaban J connectivity index is 1.51. The first-order valence-corrected chi connectivity index (χ1v) is 9.84. The first kappa shape index (κ1) is 18.2. The zero-order chi connectivity index (χ0) is 20.7. The minimum absolute atomic E-state index is 0.173. The van der Waals surface area contributed by atoms with Crippen LogP contribution in [0.25, 0.3) is 11.7 Å². The molecule has 1 aromatic carbocycles. The van der Waals surface area contributed by atoms with Gasteiger partial charge in [-0.1, -0.05) is 24.3 Å². The van der Waals surface area contributed by atoms with Crippen LogP contribution in [0.15, 0.2) is 42.2 Å². The molecule has 0 bridgehead atoms. The van der Waals surface area contributed by atoms with Gasteiger partial charge in [-0.25, -0.2) is 9.78 Å². The normalized spacial score (nSPS) is 17.3. The molecule has 3 aromatic rings. The molecule has 0 unspecified atom stereocenters. The van der Waals surface area contributed by atoms with Crippen LogP contribution < -0.4 is 21.3 Å². The standard InChI is InChI=1S/C21H21N7O2/c1-12-4-2-3-5-13(12)10-22-17-9-18(24-15-6-7-15)28-19(26-17)14(11-23-28)8-16-20(29)27-21(30)25-16/h2-5,8-9,11,15,24H,6-7,10H2,1H3,(H,22,26)(H2,25,27,29,30)/b16-8-. The number of carbonyl (C=O) groups is 2. The summed E-state index contributed by atoms with van der Waals surface area (Å²) < 4.78 is 1.72. The summed E-state index contributed by atoms with van der Waals surface area (Å²) in [5.74, 6) is 1.07. The van der Waals surface area contributed by atoms with Crippen LogP contribution in [-0.2, 0) is 11.3 Å². The lowest BCUT2D eigenvalue weighted by molar-refractivity contribution is -0.115. The van der Waals surface area contributed by atoms with E-state index in [1.165, 1.54) is 11.1 Å². The molecule has 1 saturated carbocycles. The molecule has 1 aliphatic carbocycles. The van der Waals surface area contributed by atoms with Gasteiger partial charge >= 0.3 is 6.03 Å². The van der Waals surface area contributed by atoms with E-state index in [-0.39, 0.29) is 5.70 Å². The van der Waals surface area contributed by atoms with Crippen LogP contribution in [0.4, 0.5) is 16.4 Å². The van der Waals surface area contributed by atoms with Crippen molar-refractivity contribution in [2.45, 2.75) is 32.4 Å². The second-order valence-electron chi connectivity index (χ2n) is 7.53. The number of urea groups is 1. The van der Waals surface area contributed by atoms with Crippen molar-refractivity contribution in [3.05, 3.63) is 58.9 Å². The third-order valence-corrected chi connectivity index (χ3v) is 5.17. The minimum Gasteiger partial charge on any atom is -0.367 e. The largest absolute Gasteiger partial charge is 0.367 e. The number of aryl methyl sites for hydroxylation is 1. The Morgan fingerprint density at radius 1 is 1.23 bits per heavy atom. The smallest absolute Gasteiger partial charge is 0.326 e. The van der Waals surface area contributed by atoms with Crippen molar-refractivity contribution in [3.8, 4) is 0 Å². The minimum atomic E-state index is -0.535. The van der Waals surface area contributed by atoms with Crippen LogP contribution in [0.5, 0.6) is 0 Å². The van der Waals surface area contributed by atoms with E-state index >= 15 is 0 Å². The third kappa shape index (κ3) is 3.57. The number of anilines is 2. The van der Waals surface area contributed by atoms with Gasteiger partial charge in [-0.2, -0.15) is 9.61 Å². The molecule has 1 aliphatic heterocycles. The van der Waals surface area contributed by atoms with E-state index < -0.39 is 11.9 Å². The van der Waals surface area contributed by atoms with E-state index in [1.54, 1.807) is 16.8 Å². The van der Waals surface area contributed by atoms with Crippen molar-refractivity contribution >= 4 is 35.3 Å². The average Bonchev–Trinajstić information content (AvgIpc) is 3.36. The number of nitrogens with zero attached hydrogens (tertiary/aromatic N) is 3. The highest BCUT2D eigenvalue weighted by Gasteiger charge is 2.25. The molecule has 30 heavy (non-hydrogen) atoms. The Hall–Kier alpha value is -3.88. The monoisotopic (exact) mass is 403 g/mol. The fraction of sp³-hybridized carbons (Fsp3) is 0.238. The van der Waals surface area contributed by atoms with Gasteiger partial charge in [0.15, 0.2) is 5.65 Å². The number of fused-ring (bicyclic) bond motifs is 1. The average molecular weight is 403 g/mol. The molecule has 152 valence electrons. The lowest BCUT2D eigenvalue weighted by atomic mass is 10.1. The second-order valence-corrected chi connectivity index (χ2v) is 7.53. The third-order valence-electron chi connectivity index (χ3n) is 5.17. The van der Waals surface area contributed by atoms with Crippen molar-refractivity contribution < 1.29 is 9.59 Å². The van der Waals surface area contributed by atoms with Crippen molar-refractivity contribution in [3.63, 3.8) is 0 Å². The Kier molecular flexibility index (Phi) is 4.35. The maximum atomic E-state index is 11.9. The number of hydrogen-bond donors (Lipinski definition) is 4. The summed E-state index contributed by atoms with van der Waals surface area (Å²) in [6.07, 6.45) is 5.47. The molecule has 4 N–H and O–H groups in total. The molecule has 0 atom stereocenters. The maximum absolute atomic E-state index is 11.9. The van der Waals surface area contributed by atoms with Crippen molar-refractivity contribution in [1.82, 2.24) is 25.2 Å². The lowest BCUT2D eigenvalue weighted by Gasteiger charge is -2.12. The van der Waals surface area contributed by atoms with Crippen LogP contribution in [-0.4, -0.2) is 32.6 Å². The Bertz CT molecular complexity index is 1190. The van der Waals surface area contributed by atoms with E-state index in [4.69, 9.17) is 4.98 Å². The fourth-order valence-corrected chi connectivity index (χ4v) is 3.34. The van der Waals surface area contributed by atoms with Gasteiger partial charge in [-0.3, -0.25) is 10.1 Å². The highest BCUT2D eigenvalue weighted by atomic mass is 16.2. The van der Waals surface area contributed by atoms with Gasteiger partial charge in [0.05, 0.1) is 6.20 Å². The number of rotatable bonds is 6. The van der Waals surface area contributed by atoms with E-state index in [1.807, 2.05) is 18.2 Å². The van der Waals surface area contributed by atoms with E-state index in [0.29, 0.717) is 29.6 Å².